The lowest BCUT2D eigenvalue weighted by atomic mass is 10.1. The maximum Gasteiger partial charge on any atom is 0.430 e. The molecule has 0 spiro atoms. The third kappa shape index (κ3) is 2.26. The number of aromatic nitrogens is 2. The number of primary amides is 1. The van der Waals surface area contributed by atoms with Crippen molar-refractivity contribution >= 4 is 11.8 Å². The molecule has 2 aromatic rings. The molecule has 1 heterocycles. The largest absolute Gasteiger partial charge is 0.430 e. The van der Waals surface area contributed by atoms with Gasteiger partial charge in [-0.3, -0.25) is 15.0 Å². The second-order valence-corrected chi connectivity index (χ2v) is 3.29. The number of amides is 1. The Morgan fingerprint density at radius 2 is 2.11 bits per heavy atom. The molecule has 8 nitrogen and oxygen atoms in total. The van der Waals surface area contributed by atoms with Gasteiger partial charge in [-0.1, -0.05) is 17.0 Å². The highest BCUT2D eigenvalue weighted by atomic mass is 16.7. The molecule has 0 aliphatic rings. The fourth-order valence-electron chi connectivity index (χ4n) is 1.44. The van der Waals surface area contributed by atoms with Gasteiger partial charge < -0.3 is 5.73 Å². The van der Waals surface area contributed by atoms with Gasteiger partial charge in [0, 0.05) is 6.07 Å². The molecule has 0 unspecified atom stereocenters. The van der Waals surface area contributed by atoms with Crippen LogP contribution in [0.2, 0.25) is 0 Å². The van der Waals surface area contributed by atoms with Gasteiger partial charge in [-0.2, -0.15) is 0 Å². The van der Waals surface area contributed by atoms with Crippen molar-refractivity contribution < 1.29 is 14.6 Å². The monoisotopic (exact) mass is 248 g/mol. The number of rotatable bonds is 3. The molecule has 0 radical (unpaired) electrons. The number of carbonyl (C=O) groups excluding carboxylic acids is 1. The van der Waals surface area contributed by atoms with Crippen molar-refractivity contribution in [3.05, 3.63) is 46.6 Å². The van der Waals surface area contributed by atoms with Crippen molar-refractivity contribution in [2.24, 2.45) is 5.73 Å². The molecule has 1 aromatic heterocycles. The van der Waals surface area contributed by atoms with Gasteiger partial charge >= 0.3 is 6.09 Å². The Morgan fingerprint density at radius 1 is 1.39 bits per heavy atom. The Bertz CT molecular complexity index is 607. The highest BCUT2D eigenvalue weighted by Gasteiger charge is 2.16. The van der Waals surface area contributed by atoms with Crippen LogP contribution in [0.4, 0.5) is 10.5 Å². The quantitative estimate of drug-likeness (QED) is 0.642. The zero-order chi connectivity index (χ0) is 13.1. The van der Waals surface area contributed by atoms with Crippen molar-refractivity contribution in [1.29, 1.82) is 0 Å². The van der Waals surface area contributed by atoms with E-state index in [0.717, 1.165) is 4.85 Å². The van der Waals surface area contributed by atoms with Gasteiger partial charge in [0.25, 0.3) is 5.69 Å². The smallest absolute Gasteiger partial charge is 0.333 e. The molecule has 1 aromatic carbocycles. The van der Waals surface area contributed by atoms with Crippen LogP contribution in [0.3, 0.4) is 0 Å². The average molecular weight is 248 g/mol. The maximum atomic E-state index is 10.8. The SMILES string of the molecule is NC(=O)On1ccc(-c2ccccc2[N+](=O)[O-])n1. The second-order valence-electron chi connectivity index (χ2n) is 3.29. The summed E-state index contributed by atoms with van der Waals surface area (Å²) in [6.07, 6.45) is 0.309. The fourth-order valence-corrected chi connectivity index (χ4v) is 1.44. The Kier molecular flexibility index (Phi) is 2.92. The van der Waals surface area contributed by atoms with Crippen LogP contribution in [-0.2, 0) is 0 Å². The minimum Gasteiger partial charge on any atom is -0.333 e. The van der Waals surface area contributed by atoms with Gasteiger partial charge in [-0.05, 0) is 12.1 Å². The molecule has 2 rings (SSSR count). The highest BCUT2D eigenvalue weighted by Crippen LogP contribution is 2.27. The van der Waals surface area contributed by atoms with Crippen LogP contribution in [0.25, 0.3) is 11.3 Å². The van der Waals surface area contributed by atoms with Crippen molar-refractivity contribution in [3.8, 4) is 11.3 Å². The summed E-state index contributed by atoms with van der Waals surface area (Å²) in [7, 11) is 0. The summed E-state index contributed by atoms with van der Waals surface area (Å²) in [4.78, 5) is 26.2. The lowest BCUT2D eigenvalue weighted by Crippen LogP contribution is -2.25. The lowest BCUT2D eigenvalue weighted by Gasteiger charge is -1.99. The van der Waals surface area contributed by atoms with Crippen LogP contribution in [0.1, 0.15) is 0 Å². The average Bonchev–Trinajstić information content (AvgIpc) is 2.76. The van der Waals surface area contributed by atoms with Gasteiger partial charge in [0.2, 0.25) is 0 Å². The standard InChI is InChI=1S/C10H8N4O4/c11-10(15)18-13-6-5-8(12-13)7-3-1-2-4-9(7)14(16)17/h1-6H,(H2,11,15). The molecule has 0 bridgehead atoms. The fraction of sp³-hybridized carbons (Fsp3) is 0. The number of nitrogens with two attached hydrogens (primary N) is 1. The molecule has 0 saturated heterocycles. The Labute approximate surface area is 101 Å². The number of hydrogen-bond donors (Lipinski definition) is 1. The van der Waals surface area contributed by atoms with E-state index in [0.29, 0.717) is 11.3 Å². The molecule has 0 atom stereocenters. The predicted molar refractivity (Wildman–Crippen MR) is 60.5 cm³/mol. The summed E-state index contributed by atoms with van der Waals surface area (Å²) in [5, 5.41) is 14.7. The number of carbonyl (C=O) groups is 1. The van der Waals surface area contributed by atoms with Crippen LogP contribution >= 0.6 is 0 Å². The van der Waals surface area contributed by atoms with E-state index in [2.05, 4.69) is 9.94 Å². The van der Waals surface area contributed by atoms with Crippen LogP contribution in [0.5, 0.6) is 0 Å². The molecule has 0 aliphatic heterocycles. The Morgan fingerprint density at radius 3 is 2.78 bits per heavy atom. The molecule has 0 saturated carbocycles. The van der Waals surface area contributed by atoms with E-state index in [1.807, 2.05) is 0 Å². The Hall–Kier alpha value is -2.90. The minimum atomic E-state index is -1.02. The van der Waals surface area contributed by atoms with Crippen LogP contribution in [0.15, 0.2) is 36.5 Å². The zero-order valence-corrected chi connectivity index (χ0v) is 9.02. The summed E-state index contributed by atoms with van der Waals surface area (Å²) in [5.41, 5.74) is 5.38. The number of nitro benzene ring substituents is 1. The van der Waals surface area contributed by atoms with E-state index in [9.17, 15) is 14.9 Å². The van der Waals surface area contributed by atoms with E-state index in [4.69, 9.17) is 5.73 Å². The van der Waals surface area contributed by atoms with Crippen LogP contribution in [-0.4, -0.2) is 21.0 Å². The summed E-state index contributed by atoms with van der Waals surface area (Å²) < 4.78 is 0. The lowest BCUT2D eigenvalue weighted by molar-refractivity contribution is -0.384. The topological polar surface area (TPSA) is 113 Å². The summed E-state index contributed by atoms with van der Waals surface area (Å²) in [6.45, 7) is 0. The van der Waals surface area contributed by atoms with Gasteiger partial charge in [-0.15, -0.1) is 5.10 Å². The first-order chi connectivity index (χ1) is 8.58. The van der Waals surface area contributed by atoms with Crippen molar-refractivity contribution in [2.45, 2.75) is 0 Å². The number of nitrogens with zero attached hydrogens (tertiary/aromatic N) is 3. The number of benzene rings is 1. The first-order valence-electron chi connectivity index (χ1n) is 4.85. The third-order valence-electron chi connectivity index (χ3n) is 2.13. The van der Waals surface area contributed by atoms with Gasteiger partial charge in [-0.25, -0.2) is 4.79 Å². The van der Waals surface area contributed by atoms with Crippen LogP contribution < -0.4 is 10.6 Å². The summed E-state index contributed by atoms with van der Waals surface area (Å²) >= 11 is 0. The molecule has 92 valence electrons. The van der Waals surface area contributed by atoms with E-state index in [1.165, 1.54) is 18.3 Å². The zero-order valence-electron chi connectivity index (χ0n) is 9.02. The van der Waals surface area contributed by atoms with Gasteiger partial charge in [0.05, 0.1) is 16.7 Å². The van der Waals surface area contributed by atoms with Crippen molar-refractivity contribution in [1.82, 2.24) is 9.94 Å². The molecule has 0 fully saturated rings. The summed E-state index contributed by atoms with van der Waals surface area (Å²) in [6, 6.07) is 7.60. The molecule has 1 amide bonds. The number of nitro groups is 1. The van der Waals surface area contributed by atoms with E-state index in [1.54, 1.807) is 18.2 Å². The number of para-hydroxylation sites is 1. The first-order valence-corrected chi connectivity index (χ1v) is 4.85. The van der Waals surface area contributed by atoms with Gasteiger partial charge in [0.1, 0.15) is 5.69 Å². The van der Waals surface area contributed by atoms with Crippen molar-refractivity contribution in [3.63, 3.8) is 0 Å². The minimum absolute atomic E-state index is 0.0816. The molecular formula is C10H8N4O4. The van der Waals surface area contributed by atoms with E-state index in [-0.39, 0.29) is 5.69 Å². The first kappa shape index (κ1) is 11.6. The van der Waals surface area contributed by atoms with Gasteiger partial charge in [0.15, 0.2) is 0 Å². The third-order valence-corrected chi connectivity index (χ3v) is 2.13. The van der Waals surface area contributed by atoms with E-state index >= 15 is 0 Å². The molecular weight excluding hydrogens is 240 g/mol. The molecule has 18 heavy (non-hydrogen) atoms. The van der Waals surface area contributed by atoms with Crippen LogP contribution in [0, 0.1) is 10.1 Å². The molecule has 2 N–H and O–H groups in total. The molecule has 0 aliphatic carbocycles. The van der Waals surface area contributed by atoms with E-state index < -0.39 is 11.0 Å². The van der Waals surface area contributed by atoms with Crippen molar-refractivity contribution in [2.75, 3.05) is 0 Å². The normalized spacial score (nSPS) is 10.0. The number of hydrogen-bond acceptors (Lipinski definition) is 5. The predicted octanol–water partition coefficient (Wildman–Crippen LogP) is 0.966. The maximum absolute atomic E-state index is 10.8. The molecule has 8 heteroatoms. The Balaban J connectivity index is 2.40. The second kappa shape index (κ2) is 4.53. The summed E-state index contributed by atoms with van der Waals surface area (Å²) in [5.74, 6) is 0. The highest BCUT2D eigenvalue weighted by molar-refractivity contribution is 5.70.